The van der Waals surface area contributed by atoms with E-state index in [1.807, 2.05) is 18.2 Å². The summed E-state index contributed by atoms with van der Waals surface area (Å²) in [6.45, 7) is 4.50. The molecule has 2 N–H and O–H groups in total. The number of anilines is 2. The second kappa shape index (κ2) is 9.75. The van der Waals surface area contributed by atoms with Gasteiger partial charge in [0.2, 0.25) is 0 Å². The Hall–Kier alpha value is -3.06. The third-order valence-electron chi connectivity index (χ3n) is 4.20. The van der Waals surface area contributed by atoms with Gasteiger partial charge in [-0.2, -0.15) is 0 Å². The Kier molecular flexibility index (Phi) is 6.86. The highest BCUT2D eigenvalue weighted by Crippen LogP contribution is 2.22. The molecule has 0 fully saturated rings. The second-order valence-electron chi connectivity index (χ2n) is 6.12. The van der Waals surface area contributed by atoms with Crippen molar-refractivity contribution in [1.29, 1.82) is 0 Å². The molecule has 0 aliphatic heterocycles. The standard InChI is InChI=1S/C21H23N3O3S/c1-2-24(16-8-4-3-5-9-16)14-7-13-22-21(26)18-11-12-19(28-18)23-20(25)17-10-6-15-27-17/h3-6,8-12,15H,2,7,13-14H2,1H3,(H,22,26)(H,23,25). The van der Waals surface area contributed by atoms with E-state index >= 15 is 0 Å². The topological polar surface area (TPSA) is 74.6 Å². The van der Waals surface area contributed by atoms with Gasteiger partial charge in [0.25, 0.3) is 11.8 Å². The Morgan fingerprint density at radius 2 is 1.86 bits per heavy atom. The maximum atomic E-state index is 12.3. The number of nitrogens with zero attached hydrogens (tertiary/aromatic N) is 1. The van der Waals surface area contributed by atoms with Crippen molar-refractivity contribution in [3.05, 3.63) is 71.5 Å². The quantitative estimate of drug-likeness (QED) is 0.530. The summed E-state index contributed by atoms with van der Waals surface area (Å²) in [6.07, 6.45) is 2.29. The highest BCUT2D eigenvalue weighted by molar-refractivity contribution is 7.18. The van der Waals surface area contributed by atoms with Gasteiger partial charge in [0.1, 0.15) is 0 Å². The van der Waals surface area contributed by atoms with Crippen molar-refractivity contribution in [2.75, 3.05) is 29.9 Å². The molecule has 0 aliphatic rings. The van der Waals surface area contributed by atoms with Crippen LogP contribution in [0.4, 0.5) is 10.7 Å². The van der Waals surface area contributed by atoms with Crippen LogP contribution in [0.3, 0.4) is 0 Å². The molecule has 0 atom stereocenters. The van der Waals surface area contributed by atoms with Crippen LogP contribution in [0, 0.1) is 0 Å². The minimum absolute atomic E-state index is 0.133. The molecule has 0 saturated carbocycles. The predicted molar refractivity (Wildman–Crippen MR) is 112 cm³/mol. The lowest BCUT2D eigenvalue weighted by atomic mass is 10.2. The van der Waals surface area contributed by atoms with Gasteiger partial charge in [0.05, 0.1) is 16.1 Å². The van der Waals surface area contributed by atoms with Gasteiger partial charge in [0.15, 0.2) is 5.76 Å². The van der Waals surface area contributed by atoms with E-state index in [1.165, 1.54) is 23.3 Å². The van der Waals surface area contributed by atoms with Crippen molar-refractivity contribution >= 4 is 33.8 Å². The molecule has 0 saturated heterocycles. The Labute approximate surface area is 168 Å². The molecule has 2 amide bonds. The summed E-state index contributed by atoms with van der Waals surface area (Å²) < 4.78 is 5.06. The molecule has 2 heterocycles. The summed E-state index contributed by atoms with van der Waals surface area (Å²) >= 11 is 1.24. The Bertz CT molecular complexity index is 891. The summed E-state index contributed by atoms with van der Waals surface area (Å²) in [5.74, 6) is -0.232. The van der Waals surface area contributed by atoms with Crippen molar-refractivity contribution in [1.82, 2.24) is 5.32 Å². The molecule has 146 valence electrons. The summed E-state index contributed by atoms with van der Waals surface area (Å²) in [5, 5.41) is 6.27. The average Bonchev–Trinajstić information content (AvgIpc) is 3.41. The lowest BCUT2D eigenvalue weighted by Gasteiger charge is -2.23. The molecule has 7 heteroatoms. The van der Waals surface area contributed by atoms with E-state index in [9.17, 15) is 9.59 Å². The van der Waals surface area contributed by atoms with Gasteiger partial charge in [-0.25, -0.2) is 0 Å². The summed E-state index contributed by atoms with van der Waals surface area (Å²) in [5.41, 5.74) is 1.19. The Morgan fingerprint density at radius 1 is 1.04 bits per heavy atom. The monoisotopic (exact) mass is 397 g/mol. The van der Waals surface area contributed by atoms with Crippen LogP contribution in [-0.4, -0.2) is 31.4 Å². The van der Waals surface area contributed by atoms with E-state index in [1.54, 1.807) is 24.3 Å². The number of carbonyl (C=O) groups is 2. The first-order valence-electron chi connectivity index (χ1n) is 9.20. The van der Waals surface area contributed by atoms with Crippen molar-refractivity contribution in [3.8, 4) is 0 Å². The summed E-state index contributed by atoms with van der Waals surface area (Å²) in [7, 11) is 0. The number of furan rings is 1. The van der Waals surface area contributed by atoms with Crippen LogP contribution in [0.25, 0.3) is 0 Å². The largest absolute Gasteiger partial charge is 0.459 e. The van der Waals surface area contributed by atoms with Gasteiger partial charge >= 0.3 is 0 Å². The average molecular weight is 398 g/mol. The van der Waals surface area contributed by atoms with Crippen molar-refractivity contribution in [2.24, 2.45) is 0 Å². The van der Waals surface area contributed by atoms with E-state index < -0.39 is 0 Å². The molecule has 3 rings (SSSR count). The zero-order valence-electron chi connectivity index (χ0n) is 15.7. The minimum atomic E-state index is -0.334. The fraction of sp³-hybridized carbons (Fsp3) is 0.238. The first-order valence-corrected chi connectivity index (χ1v) is 10.0. The molecule has 0 spiro atoms. The number of rotatable bonds is 9. The highest BCUT2D eigenvalue weighted by Gasteiger charge is 2.13. The third-order valence-corrected chi connectivity index (χ3v) is 5.20. The van der Waals surface area contributed by atoms with Crippen LogP contribution in [-0.2, 0) is 0 Å². The number of amides is 2. The Balaban J connectivity index is 1.44. The molecular weight excluding hydrogens is 374 g/mol. The fourth-order valence-electron chi connectivity index (χ4n) is 2.78. The number of carbonyl (C=O) groups excluding carboxylic acids is 2. The van der Waals surface area contributed by atoms with Gasteiger partial charge in [-0.3, -0.25) is 9.59 Å². The fourth-order valence-corrected chi connectivity index (χ4v) is 3.59. The molecule has 28 heavy (non-hydrogen) atoms. The zero-order valence-corrected chi connectivity index (χ0v) is 16.5. The number of para-hydroxylation sites is 1. The number of hydrogen-bond acceptors (Lipinski definition) is 5. The van der Waals surface area contributed by atoms with Crippen LogP contribution in [0.5, 0.6) is 0 Å². The van der Waals surface area contributed by atoms with Gasteiger partial charge in [-0.05, 0) is 49.7 Å². The number of hydrogen-bond donors (Lipinski definition) is 2. The van der Waals surface area contributed by atoms with E-state index in [0.717, 1.165) is 19.5 Å². The molecule has 0 aliphatic carbocycles. The van der Waals surface area contributed by atoms with Gasteiger partial charge in [-0.15, -0.1) is 11.3 Å². The molecule has 0 radical (unpaired) electrons. The molecule has 0 unspecified atom stereocenters. The Morgan fingerprint density at radius 3 is 2.57 bits per heavy atom. The van der Waals surface area contributed by atoms with Gasteiger partial charge in [0, 0.05) is 25.3 Å². The molecule has 6 nitrogen and oxygen atoms in total. The molecule has 2 aromatic heterocycles. The molecule has 0 bridgehead atoms. The highest BCUT2D eigenvalue weighted by atomic mass is 32.1. The van der Waals surface area contributed by atoms with Crippen LogP contribution < -0.4 is 15.5 Å². The van der Waals surface area contributed by atoms with E-state index in [2.05, 4.69) is 34.6 Å². The smallest absolute Gasteiger partial charge is 0.291 e. The minimum Gasteiger partial charge on any atom is -0.459 e. The number of nitrogens with one attached hydrogen (secondary N) is 2. The maximum Gasteiger partial charge on any atom is 0.291 e. The van der Waals surface area contributed by atoms with E-state index in [4.69, 9.17) is 4.42 Å². The number of benzene rings is 1. The van der Waals surface area contributed by atoms with E-state index in [0.29, 0.717) is 16.4 Å². The van der Waals surface area contributed by atoms with Crippen molar-refractivity contribution < 1.29 is 14.0 Å². The second-order valence-corrected chi connectivity index (χ2v) is 7.20. The van der Waals surface area contributed by atoms with Crippen molar-refractivity contribution in [3.63, 3.8) is 0 Å². The van der Waals surface area contributed by atoms with Crippen LogP contribution in [0.15, 0.2) is 65.3 Å². The van der Waals surface area contributed by atoms with Crippen LogP contribution in [0.1, 0.15) is 33.6 Å². The van der Waals surface area contributed by atoms with Crippen LogP contribution >= 0.6 is 11.3 Å². The number of thiophene rings is 1. The predicted octanol–water partition coefficient (Wildman–Crippen LogP) is 4.24. The third kappa shape index (κ3) is 5.23. The van der Waals surface area contributed by atoms with Gasteiger partial charge < -0.3 is 20.0 Å². The lowest BCUT2D eigenvalue weighted by Crippen LogP contribution is -2.29. The SMILES string of the molecule is CCN(CCCNC(=O)c1ccc(NC(=O)c2ccco2)s1)c1ccccc1. The van der Waals surface area contributed by atoms with E-state index in [-0.39, 0.29) is 17.6 Å². The lowest BCUT2D eigenvalue weighted by molar-refractivity contribution is 0.0956. The first kappa shape index (κ1) is 19.7. The normalized spacial score (nSPS) is 10.5. The van der Waals surface area contributed by atoms with Crippen LogP contribution in [0.2, 0.25) is 0 Å². The van der Waals surface area contributed by atoms with Gasteiger partial charge in [-0.1, -0.05) is 18.2 Å². The molecule has 1 aromatic carbocycles. The van der Waals surface area contributed by atoms with Crippen molar-refractivity contribution in [2.45, 2.75) is 13.3 Å². The zero-order chi connectivity index (χ0) is 19.8. The molecule has 3 aromatic rings. The first-order chi connectivity index (χ1) is 13.7. The maximum absolute atomic E-state index is 12.3. The summed E-state index contributed by atoms with van der Waals surface area (Å²) in [6, 6.07) is 16.9. The summed E-state index contributed by atoms with van der Waals surface area (Å²) in [4.78, 5) is 27.1. The molecular formula is C21H23N3O3S.